The Balaban J connectivity index is 1.33. The Morgan fingerprint density at radius 3 is 2.66 bits per heavy atom. The minimum atomic E-state index is -0.379. The molecule has 0 radical (unpaired) electrons. The summed E-state index contributed by atoms with van der Waals surface area (Å²) < 4.78 is 0. The fraction of sp³-hybridized carbons (Fsp3) is 0.458. The first-order chi connectivity index (χ1) is 14.0. The molecule has 0 spiro atoms. The minimum absolute atomic E-state index is 0.0226. The van der Waals surface area contributed by atoms with Crippen molar-refractivity contribution in [3.8, 4) is 0 Å². The van der Waals surface area contributed by atoms with Crippen LogP contribution in [0.5, 0.6) is 0 Å². The van der Waals surface area contributed by atoms with E-state index in [0.717, 1.165) is 24.3 Å². The second kappa shape index (κ2) is 8.86. The zero-order valence-corrected chi connectivity index (χ0v) is 17.6. The molecule has 5 heteroatoms. The molecule has 4 nitrogen and oxygen atoms in total. The summed E-state index contributed by atoms with van der Waals surface area (Å²) >= 11 is 6.13. The topological polar surface area (TPSA) is 52.6 Å². The Bertz CT molecular complexity index is 854. The van der Waals surface area contributed by atoms with E-state index in [-0.39, 0.29) is 18.1 Å². The van der Waals surface area contributed by atoms with Crippen molar-refractivity contribution < 1.29 is 9.90 Å². The van der Waals surface area contributed by atoms with Crippen LogP contribution in [0, 0.1) is 0 Å². The van der Waals surface area contributed by atoms with Crippen LogP contribution in [-0.2, 0) is 0 Å². The summed E-state index contributed by atoms with van der Waals surface area (Å²) in [5, 5.41) is 14.2. The molecule has 1 saturated carbocycles. The highest BCUT2D eigenvalue weighted by Crippen LogP contribution is 2.35. The number of rotatable bonds is 5. The van der Waals surface area contributed by atoms with Crippen LogP contribution in [0.3, 0.4) is 0 Å². The van der Waals surface area contributed by atoms with Crippen molar-refractivity contribution in [1.82, 2.24) is 10.2 Å². The van der Waals surface area contributed by atoms with E-state index in [1.165, 1.54) is 11.1 Å². The summed E-state index contributed by atoms with van der Waals surface area (Å²) in [5.74, 6) is 0.547. The van der Waals surface area contributed by atoms with Crippen LogP contribution in [0.4, 0.5) is 0 Å². The lowest BCUT2D eigenvalue weighted by molar-refractivity contribution is 0.0765. The van der Waals surface area contributed by atoms with Crippen molar-refractivity contribution in [2.45, 2.75) is 56.7 Å². The molecule has 2 N–H and O–H groups in total. The molecule has 0 bridgehead atoms. The molecule has 1 amide bonds. The zero-order valence-electron chi connectivity index (χ0n) is 16.9. The molecule has 1 saturated heterocycles. The van der Waals surface area contributed by atoms with Crippen molar-refractivity contribution in [2.75, 3.05) is 13.1 Å². The number of nitrogens with one attached hydrogen (secondary N) is 1. The molecule has 154 valence electrons. The summed E-state index contributed by atoms with van der Waals surface area (Å²) in [6, 6.07) is 16.9. The van der Waals surface area contributed by atoms with Gasteiger partial charge >= 0.3 is 0 Å². The van der Waals surface area contributed by atoms with Crippen LogP contribution in [0.25, 0.3) is 0 Å². The van der Waals surface area contributed by atoms with E-state index < -0.39 is 0 Å². The van der Waals surface area contributed by atoms with Crippen molar-refractivity contribution in [3.63, 3.8) is 0 Å². The van der Waals surface area contributed by atoms with E-state index in [2.05, 4.69) is 30.4 Å². The monoisotopic (exact) mass is 412 g/mol. The van der Waals surface area contributed by atoms with E-state index in [1.807, 2.05) is 30.3 Å². The number of carbonyl (C=O) groups excluding carboxylic acids is 1. The highest BCUT2D eigenvalue weighted by atomic mass is 35.5. The van der Waals surface area contributed by atoms with E-state index >= 15 is 0 Å². The SMILES string of the molecule is C[C@@H](N[C@H]1CC[C@H](c2ccc(C(=O)N3CCC(O)C3)cc2)C1)c1cccc(Cl)c1. The second-order valence-electron chi connectivity index (χ2n) is 8.47. The Hall–Kier alpha value is -1.88. The van der Waals surface area contributed by atoms with Crippen LogP contribution in [0.15, 0.2) is 48.5 Å². The molecule has 2 aromatic rings. The van der Waals surface area contributed by atoms with Crippen molar-refractivity contribution in [2.24, 2.45) is 0 Å². The number of carbonyl (C=O) groups is 1. The van der Waals surface area contributed by atoms with Gasteiger partial charge in [0.1, 0.15) is 0 Å². The molecule has 2 aromatic carbocycles. The molecule has 29 heavy (non-hydrogen) atoms. The predicted octanol–water partition coefficient (Wildman–Crippen LogP) is 4.53. The summed E-state index contributed by atoms with van der Waals surface area (Å²) in [5.41, 5.74) is 3.24. The number of likely N-dealkylation sites (tertiary alicyclic amines) is 1. The average molecular weight is 413 g/mol. The quantitative estimate of drug-likeness (QED) is 0.758. The maximum Gasteiger partial charge on any atom is 0.253 e. The Morgan fingerprint density at radius 2 is 1.97 bits per heavy atom. The molecular formula is C24H29ClN2O2. The number of amides is 1. The van der Waals surface area contributed by atoms with Gasteiger partial charge in [-0.25, -0.2) is 0 Å². The van der Waals surface area contributed by atoms with Crippen molar-refractivity contribution >= 4 is 17.5 Å². The van der Waals surface area contributed by atoms with Gasteiger partial charge in [-0.05, 0) is 73.9 Å². The third-order valence-corrected chi connectivity index (χ3v) is 6.58. The number of hydrogen-bond donors (Lipinski definition) is 2. The number of aliphatic hydroxyl groups is 1. The number of aliphatic hydroxyl groups excluding tert-OH is 1. The lowest BCUT2D eigenvalue weighted by Crippen LogP contribution is -2.29. The Kier molecular flexibility index (Phi) is 6.23. The van der Waals surface area contributed by atoms with E-state index in [9.17, 15) is 9.90 Å². The fourth-order valence-corrected chi connectivity index (χ4v) is 4.87. The lowest BCUT2D eigenvalue weighted by Gasteiger charge is -2.20. The van der Waals surface area contributed by atoms with Crippen molar-refractivity contribution in [3.05, 3.63) is 70.2 Å². The van der Waals surface area contributed by atoms with Crippen LogP contribution in [-0.4, -0.2) is 41.1 Å². The van der Waals surface area contributed by atoms with Crippen LogP contribution >= 0.6 is 11.6 Å². The van der Waals surface area contributed by atoms with Gasteiger partial charge in [-0.3, -0.25) is 4.79 Å². The Morgan fingerprint density at radius 1 is 1.17 bits per heavy atom. The maximum absolute atomic E-state index is 12.6. The van der Waals surface area contributed by atoms with Crippen LogP contribution < -0.4 is 5.32 Å². The molecule has 1 heterocycles. The standard InChI is InChI=1S/C24H29ClN2O2/c1-16(19-3-2-4-21(25)13-19)26-22-10-9-20(14-22)17-5-7-18(8-6-17)24(29)27-12-11-23(28)15-27/h2-8,13,16,20,22-23,26,28H,9-12,14-15H2,1H3/t16-,20+,22+,23?/m1/s1. The molecular weight excluding hydrogens is 384 g/mol. The normalized spacial score (nSPS) is 25.3. The highest BCUT2D eigenvalue weighted by molar-refractivity contribution is 6.30. The van der Waals surface area contributed by atoms with E-state index in [1.54, 1.807) is 4.90 Å². The van der Waals surface area contributed by atoms with E-state index in [0.29, 0.717) is 37.0 Å². The number of halogens is 1. The largest absolute Gasteiger partial charge is 0.391 e. The predicted molar refractivity (Wildman–Crippen MR) is 116 cm³/mol. The van der Waals surface area contributed by atoms with Gasteiger partial charge in [0, 0.05) is 35.8 Å². The highest BCUT2D eigenvalue weighted by Gasteiger charge is 2.28. The summed E-state index contributed by atoms with van der Waals surface area (Å²) in [7, 11) is 0. The minimum Gasteiger partial charge on any atom is -0.391 e. The number of hydrogen-bond acceptors (Lipinski definition) is 3. The van der Waals surface area contributed by atoms with Gasteiger partial charge in [-0.1, -0.05) is 35.9 Å². The first kappa shape index (κ1) is 20.4. The summed E-state index contributed by atoms with van der Waals surface area (Å²) in [6.07, 6.45) is 3.72. The third kappa shape index (κ3) is 4.82. The lowest BCUT2D eigenvalue weighted by atomic mass is 9.96. The van der Waals surface area contributed by atoms with Gasteiger partial charge in [0.15, 0.2) is 0 Å². The molecule has 4 rings (SSSR count). The second-order valence-corrected chi connectivity index (χ2v) is 8.90. The number of nitrogens with zero attached hydrogens (tertiary/aromatic N) is 1. The summed E-state index contributed by atoms with van der Waals surface area (Å²) in [6.45, 7) is 3.28. The first-order valence-corrected chi connectivity index (χ1v) is 11.0. The smallest absolute Gasteiger partial charge is 0.253 e. The maximum atomic E-state index is 12.6. The van der Waals surface area contributed by atoms with Gasteiger partial charge < -0.3 is 15.3 Å². The number of β-amino-alcohol motifs (C(OH)–C–C–N with tert-alkyl or cyclic N) is 1. The van der Waals surface area contributed by atoms with Gasteiger partial charge in [0.2, 0.25) is 0 Å². The van der Waals surface area contributed by atoms with Crippen LogP contribution in [0.1, 0.15) is 66.1 Å². The molecule has 1 aliphatic carbocycles. The van der Waals surface area contributed by atoms with Gasteiger partial charge in [0.25, 0.3) is 5.91 Å². The fourth-order valence-electron chi connectivity index (χ4n) is 4.67. The third-order valence-electron chi connectivity index (χ3n) is 6.35. The van der Waals surface area contributed by atoms with Gasteiger partial charge in [-0.15, -0.1) is 0 Å². The van der Waals surface area contributed by atoms with Crippen molar-refractivity contribution in [1.29, 1.82) is 0 Å². The molecule has 1 unspecified atom stereocenters. The Labute approximate surface area is 177 Å². The summed E-state index contributed by atoms with van der Waals surface area (Å²) in [4.78, 5) is 14.3. The zero-order chi connectivity index (χ0) is 20.4. The average Bonchev–Trinajstić information content (AvgIpc) is 3.37. The van der Waals surface area contributed by atoms with E-state index in [4.69, 9.17) is 11.6 Å². The number of benzene rings is 2. The molecule has 0 aromatic heterocycles. The van der Waals surface area contributed by atoms with Gasteiger partial charge in [-0.2, -0.15) is 0 Å². The first-order valence-electron chi connectivity index (χ1n) is 10.6. The van der Waals surface area contributed by atoms with Crippen LogP contribution in [0.2, 0.25) is 5.02 Å². The molecule has 4 atom stereocenters. The molecule has 2 fully saturated rings. The molecule has 2 aliphatic rings. The van der Waals surface area contributed by atoms with Gasteiger partial charge in [0.05, 0.1) is 6.10 Å². The molecule has 1 aliphatic heterocycles.